The van der Waals surface area contributed by atoms with Crippen LogP contribution in [0.4, 0.5) is 5.82 Å². The number of aromatic nitrogens is 1. The van der Waals surface area contributed by atoms with Gasteiger partial charge >= 0.3 is 0 Å². The Bertz CT molecular complexity index is 573. The van der Waals surface area contributed by atoms with E-state index in [2.05, 4.69) is 4.98 Å². The van der Waals surface area contributed by atoms with Crippen molar-refractivity contribution in [2.75, 3.05) is 44.3 Å². The Morgan fingerprint density at radius 3 is 2.73 bits per heavy atom. The fourth-order valence-corrected chi connectivity index (χ4v) is 3.14. The van der Waals surface area contributed by atoms with E-state index in [0.717, 1.165) is 0 Å². The molecule has 0 bridgehead atoms. The van der Waals surface area contributed by atoms with Crippen LogP contribution in [0.2, 0.25) is 5.02 Å². The number of rotatable bonds is 2. The van der Waals surface area contributed by atoms with Gasteiger partial charge in [-0.15, -0.1) is 0 Å². The molecule has 2 saturated heterocycles. The Hall–Kier alpha value is -1.37. The lowest BCUT2D eigenvalue weighted by molar-refractivity contribution is 0.0302. The molecule has 1 N–H and O–H groups in total. The maximum atomic E-state index is 12.4. The summed E-state index contributed by atoms with van der Waals surface area (Å²) in [7, 11) is 0. The zero-order chi connectivity index (χ0) is 15.7. The van der Waals surface area contributed by atoms with Gasteiger partial charge in [0.1, 0.15) is 5.82 Å². The van der Waals surface area contributed by atoms with Crippen LogP contribution in [0.5, 0.6) is 0 Å². The number of morpholine rings is 1. The summed E-state index contributed by atoms with van der Waals surface area (Å²) >= 11 is 6.30. The highest BCUT2D eigenvalue weighted by atomic mass is 35.5. The molecule has 22 heavy (non-hydrogen) atoms. The zero-order valence-corrected chi connectivity index (χ0v) is 13.3. The largest absolute Gasteiger partial charge is 0.388 e. The number of carbonyl (C=O) groups excluding carboxylic acids is 1. The number of pyridine rings is 1. The second-order valence-corrected chi connectivity index (χ2v) is 6.51. The van der Waals surface area contributed by atoms with Gasteiger partial charge in [0.25, 0.3) is 5.91 Å². The van der Waals surface area contributed by atoms with E-state index in [1.807, 2.05) is 4.90 Å². The van der Waals surface area contributed by atoms with Gasteiger partial charge in [-0.25, -0.2) is 4.98 Å². The lowest BCUT2D eigenvalue weighted by Crippen LogP contribution is -2.40. The van der Waals surface area contributed by atoms with E-state index in [1.165, 1.54) is 0 Å². The maximum absolute atomic E-state index is 12.4. The van der Waals surface area contributed by atoms with E-state index in [1.54, 1.807) is 24.1 Å². The summed E-state index contributed by atoms with van der Waals surface area (Å²) in [6.45, 7) is 5.31. The number of hydrogen-bond acceptors (Lipinski definition) is 5. The molecule has 0 aromatic carbocycles. The first-order chi connectivity index (χ1) is 10.5. The van der Waals surface area contributed by atoms with Crippen molar-refractivity contribution in [1.29, 1.82) is 0 Å². The van der Waals surface area contributed by atoms with Crippen LogP contribution < -0.4 is 4.90 Å². The summed E-state index contributed by atoms with van der Waals surface area (Å²) in [5, 5.41) is 10.5. The van der Waals surface area contributed by atoms with Crippen molar-refractivity contribution < 1.29 is 14.6 Å². The standard InChI is InChI=1S/C15H20ClN3O3/c1-15(21)2-3-19(10-15)13-12(16)8-11(9-17-13)14(20)18-4-6-22-7-5-18/h8-9,21H,2-7,10H2,1H3. The average molecular weight is 326 g/mol. The van der Waals surface area contributed by atoms with Gasteiger partial charge in [0.2, 0.25) is 0 Å². The molecule has 3 rings (SSSR count). The van der Waals surface area contributed by atoms with Crippen LogP contribution in [0.15, 0.2) is 12.3 Å². The molecule has 6 nitrogen and oxygen atoms in total. The molecule has 0 spiro atoms. The highest BCUT2D eigenvalue weighted by molar-refractivity contribution is 6.33. The van der Waals surface area contributed by atoms with Crippen LogP contribution in [0.25, 0.3) is 0 Å². The highest BCUT2D eigenvalue weighted by Crippen LogP contribution is 2.30. The maximum Gasteiger partial charge on any atom is 0.255 e. The molecule has 120 valence electrons. The van der Waals surface area contributed by atoms with Gasteiger partial charge in [0, 0.05) is 32.4 Å². The quantitative estimate of drug-likeness (QED) is 0.884. The lowest BCUT2D eigenvalue weighted by Gasteiger charge is -2.27. The Labute approximate surface area is 134 Å². The predicted molar refractivity (Wildman–Crippen MR) is 83.4 cm³/mol. The minimum Gasteiger partial charge on any atom is -0.388 e. The molecule has 1 unspecified atom stereocenters. The first-order valence-electron chi connectivity index (χ1n) is 7.46. The number of aliphatic hydroxyl groups is 1. The van der Waals surface area contributed by atoms with Crippen molar-refractivity contribution in [2.45, 2.75) is 18.9 Å². The van der Waals surface area contributed by atoms with Crippen LogP contribution in [0.3, 0.4) is 0 Å². The van der Waals surface area contributed by atoms with E-state index in [-0.39, 0.29) is 5.91 Å². The van der Waals surface area contributed by atoms with E-state index in [0.29, 0.717) is 62.2 Å². The molecule has 7 heteroatoms. The zero-order valence-electron chi connectivity index (χ0n) is 12.6. The van der Waals surface area contributed by atoms with Gasteiger partial charge < -0.3 is 19.6 Å². The Morgan fingerprint density at radius 1 is 1.41 bits per heavy atom. The van der Waals surface area contributed by atoms with Gasteiger partial charge in [0.05, 0.1) is 29.4 Å². The van der Waals surface area contributed by atoms with Gasteiger partial charge in [-0.05, 0) is 19.4 Å². The molecule has 1 aromatic heterocycles. The van der Waals surface area contributed by atoms with Crippen LogP contribution >= 0.6 is 11.6 Å². The monoisotopic (exact) mass is 325 g/mol. The summed E-state index contributed by atoms with van der Waals surface area (Å²) < 4.78 is 5.25. The van der Waals surface area contributed by atoms with E-state index in [9.17, 15) is 9.90 Å². The van der Waals surface area contributed by atoms with Crippen LogP contribution in [0.1, 0.15) is 23.7 Å². The molecular formula is C15H20ClN3O3. The van der Waals surface area contributed by atoms with Gasteiger partial charge in [0.15, 0.2) is 0 Å². The number of β-amino-alcohol motifs (C(OH)–C–C–N with tert-alkyl or cyclic N) is 1. The number of carbonyl (C=O) groups is 1. The van der Waals surface area contributed by atoms with E-state index in [4.69, 9.17) is 16.3 Å². The summed E-state index contributed by atoms with van der Waals surface area (Å²) in [6.07, 6.45) is 2.24. The first-order valence-corrected chi connectivity index (χ1v) is 7.84. The lowest BCUT2D eigenvalue weighted by atomic mass is 10.1. The molecule has 0 saturated carbocycles. The van der Waals surface area contributed by atoms with Crippen molar-refractivity contribution in [1.82, 2.24) is 9.88 Å². The van der Waals surface area contributed by atoms with Crippen molar-refractivity contribution in [3.63, 3.8) is 0 Å². The van der Waals surface area contributed by atoms with E-state index >= 15 is 0 Å². The summed E-state index contributed by atoms with van der Waals surface area (Å²) in [5.41, 5.74) is -0.227. The molecule has 0 aliphatic carbocycles. The molecule has 1 atom stereocenters. The number of amides is 1. The van der Waals surface area contributed by atoms with Crippen molar-refractivity contribution in [3.8, 4) is 0 Å². The normalized spacial score (nSPS) is 25.6. The summed E-state index contributed by atoms with van der Waals surface area (Å²) in [5.74, 6) is 0.552. The molecule has 3 heterocycles. The van der Waals surface area contributed by atoms with Crippen LogP contribution in [-0.2, 0) is 4.74 Å². The van der Waals surface area contributed by atoms with Crippen LogP contribution in [0, 0.1) is 0 Å². The number of ether oxygens (including phenoxy) is 1. The minimum absolute atomic E-state index is 0.0716. The van der Waals surface area contributed by atoms with Crippen molar-refractivity contribution in [2.24, 2.45) is 0 Å². The summed E-state index contributed by atoms with van der Waals surface area (Å²) in [4.78, 5) is 20.4. The summed E-state index contributed by atoms with van der Waals surface area (Å²) in [6, 6.07) is 1.66. The molecule has 1 aromatic rings. The second kappa shape index (κ2) is 6.02. The highest BCUT2D eigenvalue weighted by Gasteiger charge is 2.33. The minimum atomic E-state index is -0.715. The van der Waals surface area contributed by atoms with Crippen LogP contribution in [-0.4, -0.2) is 65.9 Å². The molecule has 2 fully saturated rings. The fourth-order valence-electron chi connectivity index (χ4n) is 2.86. The number of hydrogen-bond donors (Lipinski definition) is 1. The number of nitrogens with zero attached hydrogens (tertiary/aromatic N) is 3. The average Bonchev–Trinajstić information content (AvgIpc) is 2.87. The fraction of sp³-hybridized carbons (Fsp3) is 0.600. The Balaban J connectivity index is 1.76. The van der Waals surface area contributed by atoms with Gasteiger partial charge in [-0.3, -0.25) is 4.79 Å². The molecular weight excluding hydrogens is 306 g/mol. The van der Waals surface area contributed by atoms with Crippen molar-refractivity contribution in [3.05, 3.63) is 22.8 Å². The topological polar surface area (TPSA) is 65.9 Å². The molecule has 1 amide bonds. The third kappa shape index (κ3) is 3.19. The molecule has 2 aliphatic heterocycles. The third-order valence-corrected chi connectivity index (χ3v) is 4.40. The SMILES string of the molecule is CC1(O)CCN(c2ncc(C(=O)N3CCOCC3)cc2Cl)C1. The molecule has 2 aliphatic rings. The second-order valence-electron chi connectivity index (χ2n) is 6.10. The third-order valence-electron chi connectivity index (χ3n) is 4.12. The number of halogens is 1. The van der Waals surface area contributed by atoms with Gasteiger partial charge in [-0.1, -0.05) is 11.6 Å². The smallest absolute Gasteiger partial charge is 0.255 e. The predicted octanol–water partition coefficient (Wildman–Crippen LogP) is 1.17. The first kappa shape index (κ1) is 15.5. The molecule has 0 radical (unpaired) electrons. The number of anilines is 1. The van der Waals surface area contributed by atoms with Crippen molar-refractivity contribution >= 4 is 23.3 Å². The van der Waals surface area contributed by atoms with Gasteiger partial charge in [-0.2, -0.15) is 0 Å². The Kier molecular flexibility index (Phi) is 4.25. The van der Waals surface area contributed by atoms with E-state index < -0.39 is 5.60 Å². The Morgan fingerprint density at radius 2 is 2.14 bits per heavy atom.